The Hall–Kier alpha value is -2.49. The molecule has 2 aromatic heterocycles. The van der Waals surface area contributed by atoms with E-state index in [1.807, 2.05) is 11.8 Å². The van der Waals surface area contributed by atoms with Crippen LogP contribution in [-0.2, 0) is 14.3 Å². The highest BCUT2D eigenvalue weighted by Crippen LogP contribution is 2.29. The van der Waals surface area contributed by atoms with E-state index in [9.17, 15) is 14.4 Å². The third-order valence-corrected chi connectivity index (χ3v) is 6.80. The number of fused-ring (bicyclic) bond motifs is 1. The number of ether oxygens (including phenoxy) is 1. The van der Waals surface area contributed by atoms with Crippen LogP contribution in [0, 0.1) is 18.8 Å². The van der Waals surface area contributed by atoms with Crippen molar-refractivity contribution in [1.29, 1.82) is 0 Å². The lowest BCUT2D eigenvalue weighted by atomic mass is 9.93. The number of carbonyl (C=O) groups is 2. The third-order valence-electron chi connectivity index (χ3n) is 5.83. The molecule has 2 saturated heterocycles. The molecule has 30 heavy (non-hydrogen) atoms. The summed E-state index contributed by atoms with van der Waals surface area (Å²) in [5, 5.41) is 5.17. The van der Waals surface area contributed by atoms with Crippen molar-refractivity contribution in [3.63, 3.8) is 0 Å². The van der Waals surface area contributed by atoms with Gasteiger partial charge in [-0.25, -0.2) is 4.98 Å². The van der Waals surface area contributed by atoms with Crippen molar-refractivity contribution in [1.82, 2.24) is 19.5 Å². The van der Waals surface area contributed by atoms with Crippen LogP contribution < -0.4 is 10.5 Å². The molecule has 0 bridgehead atoms. The molecule has 9 nitrogen and oxygen atoms in total. The molecule has 1 atom stereocenters. The summed E-state index contributed by atoms with van der Waals surface area (Å²) >= 11 is 1.38. The van der Waals surface area contributed by atoms with Crippen LogP contribution in [0.4, 0.5) is 5.13 Å². The van der Waals surface area contributed by atoms with Gasteiger partial charge in [0.25, 0.3) is 5.56 Å². The fourth-order valence-corrected chi connectivity index (χ4v) is 5.23. The minimum Gasteiger partial charge on any atom is -0.466 e. The zero-order valence-corrected chi connectivity index (χ0v) is 18.2. The predicted molar refractivity (Wildman–Crippen MR) is 113 cm³/mol. The molecule has 0 unspecified atom stereocenters. The number of hydrogen-bond acceptors (Lipinski definition) is 8. The van der Waals surface area contributed by atoms with Gasteiger partial charge in [0.1, 0.15) is 0 Å². The molecule has 0 aromatic carbocycles. The summed E-state index contributed by atoms with van der Waals surface area (Å²) < 4.78 is 6.44. The number of carbonyl (C=O) groups excluding carboxylic acids is 2. The van der Waals surface area contributed by atoms with Crippen LogP contribution in [0.25, 0.3) is 4.96 Å². The maximum absolute atomic E-state index is 13.1. The van der Waals surface area contributed by atoms with Crippen LogP contribution in [0.2, 0.25) is 0 Å². The van der Waals surface area contributed by atoms with E-state index in [1.54, 1.807) is 6.92 Å². The van der Waals surface area contributed by atoms with Crippen LogP contribution in [0.5, 0.6) is 0 Å². The first-order valence-electron chi connectivity index (χ1n) is 10.5. The van der Waals surface area contributed by atoms with E-state index in [4.69, 9.17) is 4.74 Å². The minimum absolute atomic E-state index is 0.101. The van der Waals surface area contributed by atoms with Crippen LogP contribution in [0.15, 0.2) is 10.9 Å². The van der Waals surface area contributed by atoms with E-state index in [2.05, 4.69) is 15.0 Å². The number of piperidine rings is 2. The minimum atomic E-state index is -0.186. The van der Waals surface area contributed by atoms with E-state index in [1.165, 1.54) is 21.9 Å². The molecule has 4 rings (SSSR count). The molecular formula is C20H27N5O4S. The highest BCUT2D eigenvalue weighted by Gasteiger charge is 2.34. The summed E-state index contributed by atoms with van der Waals surface area (Å²) in [5.74, 6) is -0.206. The number of hydrogen-bond donors (Lipinski definition) is 0. The highest BCUT2D eigenvalue weighted by molar-refractivity contribution is 7.20. The zero-order chi connectivity index (χ0) is 21.3. The summed E-state index contributed by atoms with van der Waals surface area (Å²) in [6.07, 6.45) is 3.06. The monoisotopic (exact) mass is 433 g/mol. The van der Waals surface area contributed by atoms with Gasteiger partial charge in [-0.3, -0.25) is 14.4 Å². The standard InChI is InChI=1S/C20H27N5O4S/c1-3-29-18(28)14-6-9-23(10-7-14)17(27)15-5-4-8-24(12-15)20-22-25-16(26)11-13(2)21-19(25)30-20/h11,14-15H,3-10,12H2,1-2H3/t15-/m0/s1. The van der Waals surface area contributed by atoms with Crippen LogP contribution >= 0.6 is 11.3 Å². The Morgan fingerprint density at radius 3 is 2.70 bits per heavy atom. The first-order chi connectivity index (χ1) is 14.5. The van der Waals surface area contributed by atoms with Gasteiger partial charge in [0.05, 0.1) is 18.4 Å². The van der Waals surface area contributed by atoms with Crippen molar-refractivity contribution in [3.05, 3.63) is 22.1 Å². The second-order valence-electron chi connectivity index (χ2n) is 7.95. The molecule has 162 valence electrons. The van der Waals surface area contributed by atoms with E-state index in [0.29, 0.717) is 49.7 Å². The molecule has 2 aromatic rings. The van der Waals surface area contributed by atoms with Crippen molar-refractivity contribution < 1.29 is 14.3 Å². The van der Waals surface area contributed by atoms with E-state index in [0.717, 1.165) is 24.5 Å². The lowest BCUT2D eigenvalue weighted by Crippen LogP contribution is -2.48. The van der Waals surface area contributed by atoms with Crippen molar-refractivity contribution >= 4 is 33.3 Å². The quantitative estimate of drug-likeness (QED) is 0.674. The van der Waals surface area contributed by atoms with Crippen LogP contribution in [0.3, 0.4) is 0 Å². The lowest BCUT2D eigenvalue weighted by molar-refractivity contribution is -0.151. The fourth-order valence-electron chi connectivity index (χ4n) is 4.24. The number of aromatic nitrogens is 3. The Bertz CT molecular complexity index is 995. The average molecular weight is 434 g/mol. The highest BCUT2D eigenvalue weighted by atomic mass is 32.1. The SMILES string of the molecule is CCOC(=O)C1CCN(C(=O)[C@H]2CCCN(c3nn4c(=O)cc(C)nc4s3)C2)CC1. The summed E-state index contributed by atoms with van der Waals surface area (Å²) in [5.41, 5.74) is 0.488. The molecule has 2 aliphatic heterocycles. The van der Waals surface area contributed by atoms with Crippen molar-refractivity contribution in [2.75, 3.05) is 37.7 Å². The van der Waals surface area contributed by atoms with Crippen molar-refractivity contribution in [2.24, 2.45) is 11.8 Å². The third kappa shape index (κ3) is 4.19. The molecule has 0 radical (unpaired) electrons. The van der Waals surface area contributed by atoms with E-state index >= 15 is 0 Å². The topological polar surface area (TPSA) is 97.1 Å². The number of nitrogens with zero attached hydrogens (tertiary/aromatic N) is 5. The van der Waals surface area contributed by atoms with Crippen molar-refractivity contribution in [3.8, 4) is 0 Å². The van der Waals surface area contributed by atoms with Gasteiger partial charge >= 0.3 is 5.97 Å². The Morgan fingerprint density at radius 1 is 1.20 bits per heavy atom. The Morgan fingerprint density at radius 2 is 1.97 bits per heavy atom. The molecule has 0 aliphatic carbocycles. The summed E-state index contributed by atoms with van der Waals surface area (Å²) in [7, 11) is 0. The predicted octanol–water partition coefficient (Wildman–Crippen LogP) is 1.48. The molecule has 0 N–H and O–H groups in total. The molecule has 2 aliphatic rings. The van der Waals surface area contributed by atoms with E-state index < -0.39 is 0 Å². The Balaban J connectivity index is 1.41. The van der Waals surface area contributed by atoms with E-state index in [-0.39, 0.29) is 29.3 Å². The van der Waals surface area contributed by atoms with Gasteiger partial charge in [0.2, 0.25) is 16.0 Å². The normalized spacial score (nSPS) is 20.5. The van der Waals surface area contributed by atoms with Gasteiger partial charge in [-0.15, -0.1) is 5.10 Å². The maximum atomic E-state index is 13.1. The fraction of sp³-hybridized carbons (Fsp3) is 0.650. The molecule has 4 heterocycles. The van der Waals surface area contributed by atoms with Gasteiger partial charge in [0.15, 0.2) is 0 Å². The van der Waals surface area contributed by atoms with Gasteiger partial charge in [-0.2, -0.15) is 4.52 Å². The number of aryl methyl sites for hydroxylation is 1. The molecule has 0 spiro atoms. The second-order valence-corrected chi connectivity index (χ2v) is 8.89. The smallest absolute Gasteiger partial charge is 0.309 e. The number of esters is 1. The van der Waals surface area contributed by atoms with Crippen molar-refractivity contribution in [2.45, 2.75) is 39.5 Å². The number of rotatable bonds is 4. The van der Waals surface area contributed by atoms with Crippen LogP contribution in [0.1, 0.15) is 38.3 Å². The number of likely N-dealkylation sites (tertiary alicyclic amines) is 1. The van der Waals surface area contributed by atoms with Gasteiger partial charge < -0.3 is 14.5 Å². The molecule has 10 heteroatoms. The maximum Gasteiger partial charge on any atom is 0.309 e. The van der Waals surface area contributed by atoms with Gasteiger partial charge in [0, 0.05) is 37.9 Å². The Labute approximate surface area is 178 Å². The van der Waals surface area contributed by atoms with Crippen LogP contribution in [-0.4, -0.2) is 64.2 Å². The number of anilines is 1. The molecule has 2 fully saturated rings. The molecular weight excluding hydrogens is 406 g/mol. The molecule has 1 amide bonds. The van der Waals surface area contributed by atoms with Gasteiger partial charge in [-0.1, -0.05) is 11.3 Å². The average Bonchev–Trinajstić information content (AvgIpc) is 3.18. The summed E-state index contributed by atoms with van der Waals surface area (Å²) in [6.45, 7) is 6.58. The largest absolute Gasteiger partial charge is 0.466 e. The lowest BCUT2D eigenvalue weighted by Gasteiger charge is -2.37. The second kappa shape index (κ2) is 8.71. The first kappa shape index (κ1) is 20.8. The summed E-state index contributed by atoms with van der Waals surface area (Å²) in [6, 6.07) is 1.47. The van der Waals surface area contributed by atoms with Gasteiger partial charge in [-0.05, 0) is 39.5 Å². The first-order valence-corrected chi connectivity index (χ1v) is 11.4. The molecule has 0 saturated carbocycles. The Kier molecular flexibility index (Phi) is 6.03. The number of amides is 1. The zero-order valence-electron chi connectivity index (χ0n) is 17.4. The summed E-state index contributed by atoms with van der Waals surface area (Å²) in [4.78, 5) is 46.1.